The van der Waals surface area contributed by atoms with Crippen molar-refractivity contribution in [3.8, 4) is 28.3 Å². The van der Waals surface area contributed by atoms with E-state index in [-0.39, 0.29) is 0 Å². The lowest BCUT2D eigenvalue weighted by Crippen LogP contribution is -1.88. The zero-order chi connectivity index (χ0) is 15.5. The topological polar surface area (TPSA) is 49.6 Å². The summed E-state index contributed by atoms with van der Waals surface area (Å²) in [5, 5.41) is 17.0. The highest BCUT2D eigenvalue weighted by Crippen LogP contribution is 2.29. The Kier molecular flexibility index (Phi) is 3.82. The van der Waals surface area contributed by atoms with Crippen LogP contribution in [0.2, 0.25) is 5.15 Å². The van der Waals surface area contributed by atoms with Crippen molar-refractivity contribution in [2.75, 3.05) is 0 Å². The van der Waals surface area contributed by atoms with Gasteiger partial charge in [0.25, 0.3) is 0 Å². The van der Waals surface area contributed by atoms with Gasteiger partial charge in [0.2, 0.25) is 0 Å². The summed E-state index contributed by atoms with van der Waals surface area (Å²) in [6, 6.07) is 15.5. The van der Waals surface area contributed by atoms with E-state index in [0.717, 1.165) is 16.7 Å². The fraction of sp³-hybridized carbons (Fsp3) is 0. The SMILES string of the molecule is N#Cc1cc(F)ccc1-c1cccc(-c2cnnc(Cl)c2)c1. The van der Waals surface area contributed by atoms with Crippen LogP contribution in [-0.4, -0.2) is 10.2 Å². The molecule has 0 fully saturated rings. The van der Waals surface area contributed by atoms with Crippen molar-refractivity contribution in [2.45, 2.75) is 0 Å². The summed E-state index contributed by atoms with van der Waals surface area (Å²) in [7, 11) is 0. The molecule has 3 rings (SSSR count). The molecule has 5 heteroatoms. The molecule has 0 saturated carbocycles. The summed E-state index contributed by atoms with van der Waals surface area (Å²) in [5.41, 5.74) is 3.51. The van der Waals surface area contributed by atoms with E-state index in [2.05, 4.69) is 10.2 Å². The molecule has 106 valence electrons. The molecular formula is C17H9ClFN3. The minimum Gasteiger partial charge on any atom is -0.207 e. The summed E-state index contributed by atoms with van der Waals surface area (Å²) in [6.07, 6.45) is 1.61. The molecule has 0 bridgehead atoms. The molecule has 0 amide bonds. The van der Waals surface area contributed by atoms with Crippen LogP contribution in [0.15, 0.2) is 54.7 Å². The van der Waals surface area contributed by atoms with E-state index in [1.165, 1.54) is 12.1 Å². The van der Waals surface area contributed by atoms with Gasteiger partial charge in [0.1, 0.15) is 5.82 Å². The van der Waals surface area contributed by atoms with Gasteiger partial charge in [-0.15, -0.1) is 5.10 Å². The largest absolute Gasteiger partial charge is 0.207 e. The van der Waals surface area contributed by atoms with Gasteiger partial charge < -0.3 is 0 Å². The molecule has 1 heterocycles. The Morgan fingerprint density at radius 2 is 1.82 bits per heavy atom. The average Bonchev–Trinajstić information content (AvgIpc) is 2.55. The highest BCUT2D eigenvalue weighted by atomic mass is 35.5. The maximum Gasteiger partial charge on any atom is 0.152 e. The van der Waals surface area contributed by atoms with E-state index in [1.54, 1.807) is 18.3 Å². The molecule has 0 radical (unpaired) electrons. The molecule has 0 saturated heterocycles. The maximum absolute atomic E-state index is 13.3. The second-order valence-corrected chi connectivity index (χ2v) is 5.04. The van der Waals surface area contributed by atoms with E-state index in [4.69, 9.17) is 11.6 Å². The number of rotatable bonds is 2. The first-order chi connectivity index (χ1) is 10.7. The van der Waals surface area contributed by atoms with Crippen LogP contribution in [0.3, 0.4) is 0 Å². The molecule has 0 unspecified atom stereocenters. The van der Waals surface area contributed by atoms with Gasteiger partial charge in [0.15, 0.2) is 5.15 Å². The monoisotopic (exact) mass is 309 g/mol. The molecule has 0 aliphatic heterocycles. The fourth-order valence-electron chi connectivity index (χ4n) is 2.23. The van der Waals surface area contributed by atoms with Crippen molar-refractivity contribution in [1.29, 1.82) is 5.26 Å². The smallest absolute Gasteiger partial charge is 0.152 e. The molecule has 0 atom stereocenters. The van der Waals surface area contributed by atoms with Crippen molar-refractivity contribution < 1.29 is 4.39 Å². The van der Waals surface area contributed by atoms with Gasteiger partial charge in [-0.2, -0.15) is 10.4 Å². The molecular weight excluding hydrogens is 301 g/mol. The Hall–Kier alpha value is -2.77. The van der Waals surface area contributed by atoms with Crippen LogP contribution in [0.4, 0.5) is 4.39 Å². The Balaban J connectivity index is 2.11. The molecule has 0 aliphatic rings. The summed E-state index contributed by atoms with van der Waals surface area (Å²) < 4.78 is 13.3. The zero-order valence-electron chi connectivity index (χ0n) is 11.3. The number of hydrogen-bond acceptors (Lipinski definition) is 3. The van der Waals surface area contributed by atoms with Crippen LogP contribution in [-0.2, 0) is 0 Å². The van der Waals surface area contributed by atoms with Crippen molar-refractivity contribution >= 4 is 11.6 Å². The highest BCUT2D eigenvalue weighted by Gasteiger charge is 2.08. The van der Waals surface area contributed by atoms with E-state index in [0.29, 0.717) is 16.3 Å². The lowest BCUT2D eigenvalue weighted by atomic mass is 9.97. The Morgan fingerprint density at radius 3 is 2.59 bits per heavy atom. The molecule has 1 aromatic heterocycles. The summed E-state index contributed by atoms with van der Waals surface area (Å²) >= 11 is 5.86. The van der Waals surface area contributed by atoms with E-state index in [9.17, 15) is 9.65 Å². The molecule has 0 N–H and O–H groups in total. The Morgan fingerprint density at radius 1 is 1.00 bits per heavy atom. The molecule has 3 nitrogen and oxygen atoms in total. The van der Waals surface area contributed by atoms with Crippen LogP contribution < -0.4 is 0 Å². The Labute approximate surface area is 131 Å². The van der Waals surface area contributed by atoms with Crippen LogP contribution in [0.5, 0.6) is 0 Å². The minimum atomic E-state index is -0.429. The van der Waals surface area contributed by atoms with Crippen LogP contribution in [0.1, 0.15) is 5.56 Å². The quantitative estimate of drug-likeness (QED) is 0.701. The van der Waals surface area contributed by atoms with Crippen molar-refractivity contribution in [1.82, 2.24) is 10.2 Å². The first kappa shape index (κ1) is 14.2. The number of aromatic nitrogens is 2. The van der Waals surface area contributed by atoms with Crippen LogP contribution in [0, 0.1) is 17.1 Å². The number of nitrogens with zero attached hydrogens (tertiary/aromatic N) is 3. The number of hydrogen-bond donors (Lipinski definition) is 0. The second kappa shape index (κ2) is 5.92. The summed E-state index contributed by atoms with van der Waals surface area (Å²) in [4.78, 5) is 0. The molecule has 3 aromatic rings. The van der Waals surface area contributed by atoms with E-state index >= 15 is 0 Å². The maximum atomic E-state index is 13.3. The third-order valence-corrected chi connectivity index (χ3v) is 3.42. The van der Waals surface area contributed by atoms with Gasteiger partial charge >= 0.3 is 0 Å². The average molecular weight is 310 g/mol. The van der Waals surface area contributed by atoms with Crippen molar-refractivity contribution in [3.05, 3.63) is 71.3 Å². The minimum absolute atomic E-state index is 0.294. The van der Waals surface area contributed by atoms with Crippen molar-refractivity contribution in [3.63, 3.8) is 0 Å². The van der Waals surface area contributed by atoms with Gasteiger partial charge in [0.05, 0.1) is 17.8 Å². The number of nitriles is 1. The standard InChI is InChI=1S/C17H9ClFN3/c18-17-8-14(10-21-22-17)11-2-1-3-12(6-11)16-5-4-15(19)7-13(16)9-20/h1-8,10H. The zero-order valence-corrected chi connectivity index (χ0v) is 12.0. The Bertz CT molecular complexity index is 887. The predicted octanol–water partition coefficient (Wildman–Crippen LogP) is 4.47. The summed E-state index contributed by atoms with van der Waals surface area (Å²) in [5.74, 6) is -0.429. The third-order valence-electron chi connectivity index (χ3n) is 3.23. The van der Waals surface area contributed by atoms with Gasteiger partial charge in [-0.25, -0.2) is 4.39 Å². The van der Waals surface area contributed by atoms with E-state index in [1.807, 2.05) is 30.3 Å². The van der Waals surface area contributed by atoms with Gasteiger partial charge in [-0.05, 0) is 41.0 Å². The number of benzene rings is 2. The first-order valence-electron chi connectivity index (χ1n) is 6.46. The summed E-state index contributed by atoms with van der Waals surface area (Å²) in [6.45, 7) is 0. The third kappa shape index (κ3) is 2.80. The first-order valence-corrected chi connectivity index (χ1v) is 6.84. The highest BCUT2D eigenvalue weighted by molar-refractivity contribution is 6.29. The molecule has 22 heavy (non-hydrogen) atoms. The van der Waals surface area contributed by atoms with Crippen molar-refractivity contribution in [2.24, 2.45) is 0 Å². The van der Waals surface area contributed by atoms with Gasteiger partial charge in [0, 0.05) is 5.56 Å². The predicted molar refractivity (Wildman–Crippen MR) is 82.6 cm³/mol. The lowest BCUT2D eigenvalue weighted by molar-refractivity contribution is 0.627. The van der Waals surface area contributed by atoms with E-state index < -0.39 is 5.82 Å². The molecule has 2 aromatic carbocycles. The van der Waals surface area contributed by atoms with Crippen LogP contribution >= 0.6 is 11.6 Å². The van der Waals surface area contributed by atoms with Gasteiger partial charge in [-0.3, -0.25) is 0 Å². The van der Waals surface area contributed by atoms with Crippen LogP contribution in [0.25, 0.3) is 22.3 Å². The second-order valence-electron chi connectivity index (χ2n) is 4.65. The lowest BCUT2D eigenvalue weighted by Gasteiger charge is -2.07. The molecule has 0 aliphatic carbocycles. The molecule has 0 spiro atoms. The normalized spacial score (nSPS) is 10.2. The van der Waals surface area contributed by atoms with Gasteiger partial charge in [-0.1, -0.05) is 35.9 Å². The fourth-order valence-corrected chi connectivity index (χ4v) is 2.39. The number of halogens is 2.